The Morgan fingerprint density at radius 3 is 2.06 bits per heavy atom. The van der Waals surface area contributed by atoms with Gasteiger partial charge in [0.2, 0.25) is 0 Å². The van der Waals surface area contributed by atoms with Crippen molar-refractivity contribution in [3.8, 4) is 0 Å². The first kappa shape index (κ1) is 15.0. The van der Waals surface area contributed by atoms with E-state index < -0.39 is 0 Å². The largest absolute Gasteiger partial charge is 0.392 e. The van der Waals surface area contributed by atoms with Crippen LogP contribution in [-0.2, 0) is 6.61 Å². The van der Waals surface area contributed by atoms with Crippen LogP contribution < -0.4 is 4.90 Å². The van der Waals surface area contributed by atoms with Crippen LogP contribution in [0.3, 0.4) is 0 Å². The van der Waals surface area contributed by atoms with E-state index >= 15 is 0 Å². The molecule has 1 aromatic carbocycles. The van der Waals surface area contributed by atoms with E-state index in [1.165, 1.54) is 11.3 Å². The Kier molecular flexibility index (Phi) is 5.67. The van der Waals surface area contributed by atoms with E-state index in [0.29, 0.717) is 11.8 Å². The molecule has 102 valence electrons. The molecule has 0 saturated carbocycles. The van der Waals surface area contributed by atoms with E-state index in [4.69, 9.17) is 0 Å². The quantitative estimate of drug-likeness (QED) is 0.832. The fourth-order valence-corrected chi connectivity index (χ4v) is 2.30. The van der Waals surface area contributed by atoms with Crippen LogP contribution in [0.25, 0.3) is 0 Å². The van der Waals surface area contributed by atoms with Crippen molar-refractivity contribution in [2.75, 3.05) is 18.0 Å². The average Bonchev–Trinajstić information content (AvgIpc) is 2.26. The summed E-state index contributed by atoms with van der Waals surface area (Å²) in [5, 5.41) is 9.53. The van der Waals surface area contributed by atoms with Crippen LogP contribution in [0.4, 0.5) is 5.69 Å². The molecule has 0 aliphatic carbocycles. The molecule has 0 bridgehead atoms. The van der Waals surface area contributed by atoms with Crippen LogP contribution in [0.2, 0.25) is 0 Å². The summed E-state index contributed by atoms with van der Waals surface area (Å²) in [6, 6.07) is 6.36. The van der Waals surface area contributed by atoms with E-state index in [2.05, 4.69) is 57.7 Å². The molecule has 18 heavy (non-hydrogen) atoms. The fourth-order valence-electron chi connectivity index (χ4n) is 2.30. The van der Waals surface area contributed by atoms with Crippen molar-refractivity contribution in [1.29, 1.82) is 0 Å². The number of rotatable bonds is 6. The molecule has 0 amide bonds. The number of hydrogen-bond donors (Lipinski definition) is 1. The van der Waals surface area contributed by atoms with Crippen LogP contribution in [0.5, 0.6) is 0 Å². The summed E-state index contributed by atoms with van der Waals surface area (Å²) in [4.78, 5) is 2.40. The molecule has 0 fully saturated rings. The summed E-state index contributed by atoms with van der Waals surface area (Å²) < 4.78 is 0. The first-order valence-corrected chi connectivity index (χ1v) is 6.89. The van der Waals surface area contributed by atoms with Crippen molar-refractivity contribution in [2.24, 2.45) is 11.8 Å². The van der Waals surface area contributed by atoms with Gasteiger partial charge in [0.05, 0.1) is 6.61 Å². The number of nitrogens with zero attached hydrogens (tertiary/aromatic N) is 1. The number of aliphatic hydroxyl groups is 1. The molecule has 0 saturated heterocycles. The number of anilines is 1. The van der Waals surface area contributed by atoms with Gasteiger partial charge in [-0.3, -0.25) is 0 Å². The Balaban J connectivity index is 3.03. The minimum Gasteiger partial charge on any atom is -0.392 e. The summed E-state index contributed by atoms with van der Waals surface area (Å²) in [7, 11) is 0. The highest BCUT2D eigenvalue weighted by atomic mass is 16.3. The molecule has 1 N–H and O–H groups in total. The van der Waals surface area contributed by atoms with Crippen molar-refractivity contribution < 1.29 is 5.11 Å². The van der Waals surface area contributed by atoms with Crippen LogP contribution in [0, 0.1) is 18.8 Å². The normalized spacial score (nSPS) is 11.3. The maximum absolute atomic E-state index is 9.53. The molecule has 0 aliphatic heterocycles. The van der Waals surface area contributed by atoms with E-state index in [1.54, 1.807) is 0 Å². The highest BCUT2D eigenvalue weighted by molar-refractivity contribution is 5.55. The maximum atomic E-state index is 9.53. The van der Waals surface area contributed by atoms with Gasteiger partial charge in [0.25, 0.3) is 0 Å². The predicted octanol–water partition coefficient (Wildman–Crippen LogP) is 3.61. The molecule has 0 aliphatic rings. The Morgan fingerprint density at radius 1 is 1.06 bits per heavy atom. The molecule has 1 rings (SSSR count). The minimum absolute atomic E-state index is 0.115. The first-order valence-electron chi connectivity index (χ1n) is 6.89. The van der Waals surface area contributed by atoms with Gasteiger partial charge in [0.15, 0.2) is 0 Å². The molecule has 0 heterocycles. The summed E-state index contributed by atoms with van der Waals surface area (Å²) in [5.41, 5.74) is 3.43. The lowest BCUT2D eigenvalue weighted by molar-refractivity contribution is 0.281. The lowest BCUT2D eigenvalue weighted by atomic mass is 10.1. The third kappa shape index (κ3) is 4.34. The first-order chi connectivity index (χ1) is 8.43. The SMILES string of the molecule is Cc1ccc(N(CC(C)C)CC(C)C)c(CO)c1. The zero-order valence-corrected chi connectivity index (χ0v) is 12.4. The van der Waals surface area contributed by atoms with E-state index in [-0.39, 0.29) is 6.61 Å². The third-order valence-electron chi connectivity index (χ3n) is 2.92. The summed E-state index contributed by atoms with van der Waals surface area (Å²) in [6.45, 7) is 13.2. The van der Waals surface area contributed by atoms with Crippen molar-refractivity contribution in [3.63, 3.8) is 0 Å². The maximum Gasteiger partial charge on any atom is 0.0702 e. The standard InChI is InChI=1S/C16H27NO/c1-12(2)9-17(10-13(3)4)16-7-6-14(5)8-15(16)11-18/h6-8,12-13,18H,9-11H2,1-5H3. The Morgan fingerprint density at radius 2 is 1.61 bits per heavy atom. The van der Waals surface area contributed by atoms with Crippen molar-refractivity contribution in [1.82, 2.24) is 0 Å². The topological polar surface area (TPSA) is 23.5 Å². The average molecular weight is 249 g/mol. The second kappa shape index (κ2) is 6.79. The fraction of sp³-hybridized carbons (Fsp3) is 0.625. The molecule has 1 aromatic rings. The summed E-state index contributed by atoms with van der Waals surface area (Å²) in [6.07, 6.45) is 0. The van der Waals surface area contributed by atoms with Crippen molar-refractivity contribution in [3.05, 3.63) is 29.3 Å². The van der Waals surface area contributed by atoms with Gasteiger partial charge in [-0.25, -0.2) is 0 Å². The number of aliphatic hydroxyl groups excluding tert-OH is 1. The van der Waals surface area contributed by atoms with E-state index in [9.17, 15) is 5.11 Å². The van der Waals surface area contributed by atoms with Gasteiger partial charge in [-0.2, -0.15) is 0 Å². The predicted molar refractivity (Wildman–Crippen MR) is 79.0 cm³/mol. The third-order valence-corrected chi connectivity index (χ3v) is 2.92. The zero-order valence-electron chi connectivity index (χ0n) is 12.4. The van der Waals surface area contributed by atoms with Gasteiger partial charge in [-0.15, -0.1) is 0 Å². The smallest absolute Gasteiger partial charge is 0.0702 e. The summed E-state index contributed by atoms with van der Waals surface area (Å²) in [5.74, 6) is 1.24. The van der Waals surface area contributed by atoms with Gasteiger partial charge in [-0.05, 0) is 24.8 Å². The minimum atomic E-state index is 0.115. The van der Waals surface area contributed by atoms with Gasteiger partial charge >= 0.3 is 0 Å². The molecular formula is C16H27NO. The lowest BCUT2D eigenvalue weighted by Crippen LogP contribution is -2.32. The molecule has 0 spiro atoms. The number of aryl methyl sites for hydroxylation is 1. The Bertz CT molecular complexity index is 361. The monoisotopic (exact) mass is 249 g/mol. The highest BCUT2D eigenvalue weighted by Gasteiger charge is 2.13. The van der Waals surface area contributed by atoms with E-state index in [0.717, 1.165) is 18.7 Å². The van der Waals surface area contributed by atoms with Crippen LogP contribution in [0.1, 0.15) is 38.8 Å². The Hall–Kier alpha value is -1.02. The van der Waals surface area contributed by atoms with Crippen molar-refractivity contribution in [2.45, 2.75) is 41.2 Å². The second-order valence-corrected chi connectivity index (χ2v) is 5.98. The molecule has 0 atom stereocenters. The van der Waals surface area contributed by atoms with Crippen LogP contribution >= 0.6 is 0 Å². The van der Waals surface area contributed by atoms with Crippen LogP contribution in [-0.4, -0.2) is 18.2 Å². The van der Waals surface area contributed by atoms with Crippen molar-refractivity contribution >= 4 is 5.69 Å². The summed E-state index contributed by atoms with van der Waals surface area (Å²) >= 11 is 0. The number of benzene rings is 1. The second-order valence-electron chi connectivity index (χ2n) is 5.98. The molecule has 0 aromatic heterocycles. The van der Waals surface area contributed by atoms with Crippen LogP contribution in [0.15, 0.2) is 18.2 Å². The number of hydrogen-bond acceptors (Lipinski definition) is 2. The Labute approximate surface area is 112 Å². The van der Waals surface area contributed by atoms with E-state index in [1.807, 2.05) is 0 Å². The highest BCUT2D eigenvalue weighted by Crippen LogP contribution is 2.24. The van der Waals surface area contributed by atoms with Gasteiger partial charge in [-0.1, -0.05) is 45.4 Å². The molecule has 2 nitrogen and oxygen atoms in total. The van der Waals surface area contributed by atoms with Gasteiger partial charge in [0, 0.05) is 24.3 Å². The molecular weight excluding hydrogens is 222 g/mol. The van der Waals surface area contributed by atoms with Gasteiger partial charge < -0.3 is 10.0 Å². The molecule has 0 radical (unpaired) electrons. The molecule has 2 heteroatoms. The zero-order chi connectivity index (χ0) is 13.7. The lowest BCUT2D eigenvalue weighted by Gasteiger charge is -2.30. The molecule has 0 unspecified atom stereocenters. The van der Waals surface area contributed by atoms with Gasteiger partial charge in [0.1, 0.15) is 0 Å².